The molecule has 0 radical (unpaired) electrons. The van der Waals surface area contributed by atoms with Crippen LogP contribution in [0.3, 0.4) is 0 Å². The fourth-order valence-electron chi connectivity index (χ4n) is 1.61. The Hall–Kier alpha value is -1.76. The molecule has 2 rings (SSSR count). The van der Waals surface area contributed by atoms with Crippen LogP contribution in [0.4, 0.5) is 0 Å². The molecule has 0 bridgehead atoms. The van der Waals surface area contributed by atoms with E-state index in [1.165, 1.54) is 0 Å². The Labute approximate surface area is 111 Å². The summed E-state index contributed by atoms with van der Waals surface area (Å²) in [5.41, 5.74) is 2.68. The van der Waals surface area contributed by atoms with Gasteiger partial charge in [0.25, 0.3) is 0 Å². The van der Waals surface area contributed by atoms with Crippen LogP contribution < -0.4 is 0 Å². The van der Waals surface area contributed by atoms with Gasteiger partial charge in [-0.05, 0) is 42.3 Å². The van der Waals surface area contributed by atoms with Gasteiger partial charge in [-0.2, -0.15) is 5.26 Å². The van der Waals surface area contributed by atoms with Crippen LogP contribution in [0.25, 0.3) is 0 Å². The first-order chi connectivity index (χ1) is 8.72. The number of aryl methyl sites for hydroxylation is 1. The molecule has 18 heavy (non-hydrogen) atoms. The van der Waals surface area contributed by atoms with E-state index in [0.29, 0.717) is 5.56 Å². The highest BCUT2D eigenvalue weighted by molar-refractivity contribution is 7.99. The van der Waals surface area contributed by atoms with Gasteiger partial charge in [0.15, 0.2) is 0 Å². The van der Waals surface area contributed by atoms with Crippen molar-refractivity contribution in [2.24, 2.45) is 0 Å². The molecular weight excluding hydrogens is 242 g/mol. The van der Waals surface area contributed by atoms with Crippen molar-refractivity contribution in [2.75, 3.05) is 0 Å². The van der Waals surface area contributed by atoms with Crippen LogP contribution in [0.5, 0.6) is 0 Å². The van der Waals surface area contributed by atoms with Gasteiger partial charge in [0.2, 0.25) is 0 Å². The number of aliphatic hydroxyl groups is 1. The van der Waals surface area contributed by atoms with Gasteiger partial charge in [-0.15, -0.1) is 0 Å². The number of hydrogen-bond donors (Lipinski definition) is 1. The Morgan fingerprint density at radius 3 is 2.50 bits per heavy atom. The summed E-state index contributed by atoms with van der Waals surface area (Å²) in [5, 5.41) is 18.1. The van der Waals surface area contributed by atoms with Crippen molar-refractivity contribution >= 4 is 11.8 Å². The lowest BCUT2D eigenvalue weighted by Gasteiger charge is -2.05. The van der Waals surface area contributed by atoms with Gasteiger partial charge < -0.3 is 5.11 Å². The second-order valence-corrected chi connectivity index (χ2v) is 5.13. The second kappa shape index (κ2) is 5.72. The van der Waals surface area contributed by atoms with Gasteiger partial charge >= 0.3 is 0 Å². The number of hydrogen-bond acceptors (Lipinski definition) is 3. The molecule has 0 aliphatic rings. The molecule has 3 heteroatoms. The van der Waals surface area contributed by atoms with Crippen LogP contribution in [0, 0.1) is 18.3 Å². The SMILES string of the molecule is Cc1ccc(Sc2ccc(CO)cc2)c(C#N)c1. The van der Waals surface area contributed by atoms with Crippen LogP contribution in [0.1, 0.15) is 16.7 Å². The van der Waals surface area contributed by atoms with E-state index in [4.69, 9.17) is 10.4 Å². The Morgan fingerprint density at radius 2 is 1.89 bits per heavy atom. The van der Waals surface area contributed by atoms with Gasteiger partial charge in [-0.3, -0.25) is 0 Å². The summed E-state index contributed by atoms with van der Waals surface area (Å²) in [4.78, 5) is 2.02. The Morgan fingerprint density at radius 1 is 1.17 bits per heavy atom. The summed E-state index contributed by atoms with van der Waals surface area (Å²) in [6, 6.07) is 15.8. The average molecular weight is 255 g/mol. The van der Waals surface area contributed by atoms with Crippen LogP contribution in [0.2, 0.25) is 0 Å². The normalized spacial score (nSPS) is 10.1. The molecule has 2 aromatic rings. The van der Waals surface area contributed by atoms with E-state index < -0.39 is 0 Å². The average Bonchev–Trinajstić information content (AvgIpc) is 2.41. The summed E-state index contributed by atoms with van der Waals surface area (Å²) in [5.74, 6) is 0. The van der Waals surface area contributed by atoms with Crippen molar-refractivity contribution in [3.8, 4) is 6.07 Å². The first-order valence-electron chi connectivity index (χ1n) is 5.61. The molecule has 0 aromatic heterocycles. The van der Waals surface area contributed by atoms with E-state index in [9.17, 15) is 0 Å². The van der Waals surface area contributed by atoms with Gasteiger partial charge in [-0.25, -0.2) is 0 Å². The van der Waals surface area contributed by atoms with E-state index >= 15 is 0 Å². The number of nitriles is 1. The number of rotatable bonds is 3. The van der Waals surface area contributed by atoms with Crippen molar-refractivity contribution < 1.29 is 5.11 Å². The van der Waals surface area contributed by atoms with Crippen molar-refractivity contribution in [3.05, 3.63) is 59.2 Å². The summed E-state index contributed by atoms with van der Waals surface area (Å²) in [6.07, 6.45) is 0. The highest BCUT2D eigenvalue weighted by Crippen LogP contribution is 2.30. The molecule has 0 unspecified atom stereocenters. The lowest BCUT2D eigenvalue weighted by atomic mass is 10.2. The molecule has 0 saturated carbocycles. The molecule has 0 heterocycles. The zero-order valence-corrected chi connectivity index (χ0v) is 10.9. The van der Waals surface area contributed by atoms with Crippen molar-refractivity contribution in [1.29, 1.82) is 5.26 Å². The van der Waals surface area contributed by atoms with E-state index in [2.05, 4.69) is 6.07 Å². The predicted molar refractivity (Wildman–Crippen MR) is 72.4 cm³/mol. The first-order valence-corrected chi connectivity index (χ1v) is 6.43. The molecule has 0 fully saturated rings. The lowest BCUT2D eigenvalue weighted by molar-refractivity contribution is 0.282. The highest BCUT2D eigenvalue weighted by Gasteiger charge is 2.04. The largest absolute Gasteiger partial charge is 0.392 e. The van der Waals surface area contributed by atoms with Crippen LogP contribution in [0.15, 0.2) is 52.3 Å². The van der Waals surface area contributed by atoms with Gasteiger partial charge in [0.05, 0.1) is 12.2 Å². The van der Waals surface area contributed by atoms with Gasteiger partial charge in [0.1, 0.15) is 6.07 Å². The van der Waals surface area contributed by atoms with E-state index in [1.54, 1.807) is 11.8 Å². The predicted octanol–water partition coefficient (Wildman–Crippen LogP) is 3.51. The van der Waals surface area contributed by atoms with Gasteiger partial charge in [-0.1, -0.05) is 30.0 Å². The van der Waals surface area contributed by atoms with E-state index in [-0.39, 0.29) is 6.61 Å². The minimum absolute atomic E-state index is 0.0545. The van der Waals surface area contributed by atoms with Crippen molar-refractivity contribution in [3.63, 3.8) is 0 Å². The molecule has 0 amide bonds. The summed E-state index contributed by atoms with van der Waals surface area (Å²) in [7, 11) is 0. The number of nitrogens with zero attached hydrogens (tertiary/aromatic N) is 1. The number of aliphatic hydroxyl groups excluding tert-OH is 1. The maximum absolute atomic E-state index is 9.11. The Bertz CT molecular complexity index is 584. The molecular formula is C15H13NOS. The zero-order valence-electron chi connectivity index (χ0n) is 10.1. The first kappa shape index (κ1) is 12.7. The monoisotopic (exact) mass is 255 g/mol. The third-order valence-electron chi connectivity index (χ3n) is 2.59. The molecule has 90 valence electrons. The summed E-state index contributed by atoms with van der Waals surface area (Å²) in [6.45, 7) is 2.03. The Balaban J connectivity index is 2.25. The maximum Gasteiger partial charge on any atom is 0.100 e. The van der Waals surface area contributed by atoms with Crippen LogP contribution in [-0.2, 0) is 6.61 Å². The summed E-state index contributed by atoms with van der Waals surface area (Å²) < 4.78 is 0. The molecule has 0 spiro atoms. The quantitative estimate of drug-likeness (QED) is 0.912. The number of benzene rings is 2. The summed E-state index contributed by atoms with van der Waals surface area (Å²) >= 11 is 1.56. The highest BCUT2D eigenvalue weighted by atomic mass is 32.2. The van der Waals surface area contributed by atoms with E-state index in [1.807, 2.05) is 49.4 Å². The van der Waals surface area contributed by atoms with Crippen molar-refractivity contribution in [1.82, 2.24) is 0 Å². The van der Waals surface area contributed by atoms with Crippen molar-refractivity contribution in [2.45, 2.75) is 23.3 Å². The molecule has 0 saturated heterocycles. The third-order valence-corrected chi connectivity index (χ3v) is 3.67. The standard InChI is InChI=1S/C15H13NOS/c1-11-2-7-15(13(8-11)9-16)18-14-5-3-12(10-17)4-6-14/h2-8,17H,10H2,1H3. The molecule has 2 nitrogen and oxygen atoms in total. The minimum atomic E-state index is 0.0545. The topological polar surface area (TPSA) is 44.0 Å². The molecule has 0 aliphatic carbocycles. The Kier molecular flexibility index (Phi) is 4.03. The maximum atomic E-state index is 9.11. The zero-order chi connectivity index (χ0) is 13.0. The molecule has 0 atom stereocenters. The molecule has 1 N–H and O–H groups in total. The minimum Gasteiger partial charge on any atom is -0.392 e. The van der Waals surface area contributed by atoms with Crippen LogP contribution >= 0.6 is 11.8 Å². The lowest BCUT2D eigenvalue weighted by Crippen LogP contribution is -1.84. The fraction of sp³-hybridized carbons (Fsp3) is 0.133. The molecule has 0 aliphatic heterocycles. The van der Waals surface area contributed by atoms with E-state index in [0.717, 1.165) is 20.9 Å². The second-order valence-electron chi connectivity index (χ2n) is 4.02. The molecule has 2 aromatic carbocycles. The third kappa shape index (κ3) is 2.92. The smallest absolute Gasteiger partial charge is 0.100 e. The van der Waals surface area contributed by atoms with Crippen LogP contribution in [-0.4, -0.2) is 5.11 Å². The fourth-order valence-corrected chi connectivity index (χ4v) is 2.49. The van der Waals surface area contributed by atoms with Gasteiger partial charge in [0, 0.05) is 9.79 Å².